The fourth-order valence-corrected chi connectivity index (χ4v) is 2.38. The van der Waals surface area contributed by atoms with Gasteiger partial charge >= 0.3 is 0 Å². The van der Waals surface area contributed by atoms with Gasteiger partial charge < -0.3 is 11.1 Å². The second-order valence-electron chi connectivity index (χ2n) is 4.16. The fraction of sp³-hybridized carbons (Fsp3) is 0.0714. The van der Waals surface area contributed by atoms with Crippen LogP contribution in [0.15, 0.2) is 45.3 Å². The summed E-state index contributed by atoms with van der Waals surface area (Å²) in [7, 11) is 0. The Kier molecular flexibility index (Phi) is 4.77. The smallest absolute Gasteiger partial charge is 0.252 e. The number of nitrogens with one attached hydrogen (secondary N) is 1. The third kappa shape index (κ3) is 3.58. The molecular formula is C14H11Br2FN2O. The molecule has 0 aliphatic rings. The first-order valence-electron chi connectivity index (χ1n) is 5.74. The number of carbonyl (C=O) groups is 1. The first-order valence-corrected chi connectivity index (χ1v) is 7.33. The Morgan fingerprint density at radius 1 is 1.20 bits per heavy atom. The molecule has 0 radical (unpaired) electrons. The predicted molar refractivity (Wildman–Crippen MR) is 83.8 cm³/mol. The van der Waals surface area contributed by atoms with E-state index in [0.29, 0.717) is 16.6 Å². The average Bonchev–Trinajstić information content (AvgIpc) is 2.42. The Morgan fingerprint density at radius 3 is 2.50 bits per heavy atom. The van der Waals surface area contributed by atoms with E-state index >= 15 is 0 Å². The highest BCUT2D eigenvalue weighted by molar-refractivity contribution is 9.10. The molecule has 2 rings (SSSR count). The van der Waals surface area contributed by atoms with Gasteiger partial charge in [0.2, 0.25) is 0 Å². The maximum absolute atomic E-state index is 13.2. The molecule has 0 unspecified atom stereocenters. The van der Waals surface area contributed by atoms with Gasteiger partial charge in [-0.25, -0.2) is 4.39 Å². The Labute approximate surface area is 132 Å². The van der Waals surface area contributed by atoms with Crippen LogP contribution in [-0.4, -0.2) is 5.91 Å². The summed E-state index contributed by atoms with van der Waals surface area (Å²) in [6, 6.07) is 10.1. The van der Waals surface area contributed by atoms with Crippen molar-refractivity contribution in [3.05, 3.63) is 62.3 Å². The number of carbonyl (C=O) groups excluding carboxylic acids is 1. The van der Waals surface area contributed by atoms with Gasteiger partial charge in [-0.05, 0) is 45.8 Å². The molecule has 3 nitrogen and oxygen atoms in total. The topological polar surface area (TPSA) is 55.1 Å². The monoisotopic (exact) mass is 400 g/mol. The van der Waals surface area contributed by atoms with Gasteiger partial charge in [0.25, 0.3) is 5.91 Å². The third-order valence-electron chi connectivity index (χ3n) is 2.70. The van der Waals surface area contributed by atoms with Crippen molar-refractivity contribution in [1.82, 2.24) is 5.32 Å². The van der Waals surface area contributed by atoms with Crippen molar-refractivity contribution in [1.29, 1.82) is 0 Å². The molecule has 0 heterocycles. The normalized spacial score (nSPS) is 10.3. The van der Waals surface area contributed by atoms with Crippen molar-refractivity contribution in [2.45, 2.75) is 6.54 Å². The molecule has 0 saturated heterocycles. The lowest BCUT2D eigenvalue weighted by Gasteiger charge is -2.08. The molecule has 0 aliphatic carbocycles. The number of anilines is 1. The molecular weight excluding hydrogens is 391 g/mol. The summed E-state index contributed by atoms with van der Waals surface area (Å²) in [5, 5.41) is 2.76. The van der Waals surface area contributed by atoms with Crippen molar-refractivity contribution >= 4 is 43.5 Å². The number of nitrogens with two attached hydrogens (primary N) is 1. The van der Waals surface area contributed by atoms with Crippen LogP contribution in [0.1, 0.15) is 15.9 Å². The zero-order valence-corrected chi connectivity index (χ0v) is 13.5. The van der Waals surface area contributed by atoms with Crippen molar-refractivity contribution in [3.8, 4) is 0 Å². The molecule has 0 spiro atoms. The van der Waals surface area contributed by atoms with E-state index in [4.69, 9.17) is 5.73 Å². The molecule has 1 amide bonds. The zero-order chi connectivity index (χ0) is 14.7. The van der Waals surface area contributed by atoms with Gasteiger partial charge in [0.15, 0.2) is 0 Å². The van der Waals surface area contributed by atoms with Crippen LogP contribution in [0.2, 0.25) is 0 Å². The minimum atomic E-state index is -0.554. The van der Waals surface area contributed by atoms with Crippen molar-refractivity contribution in [2.75, 3.05) is 5.73 Å². The van der Waals surface area contributed by atoms with Crippen LogP contribution in [0.5, 0.6) is 0 Å². The molecule has 3 N–H and O–H groups in total. The summed E-state index contributed by atoms with van der Waals surface area (Å²) >= 11 is 6.50. The van der Waals surface area contributed by atoms with Gasteiger partial charge in [-0.1, -0.05) is 28.1 Å². The van der Waals surface area contributed by atoms with Gasteiger partial charge in [-0.3, -0.25) is 4.79 Å². The van der Waals surface area contributed by atoms with Gasteiger partial charge in [0, 0.05) is 15.5 Å². The molecule has 0 atom stereocenters. The Morgan fingerprint density at radius 2 is 1.85 bits per heavy atom. The number of nitrogen functional groups attached to an aromatic ring is 1. The van der Waals surface area contributed by atoms with E-state index < -0.39 is 5.82 Å². The highest BCUT2D eigenvalue weighted by atomic mass is 79.9. The molecule has 104 valence electrons. The lowest BCUT2D eigenvalue weighted by atomic mass is 10.1. The molecule has 6 heteroatoms. The molecule has 2 aromatic rings. The second kappa shape index (κ2) is 6.37. The van der Waals surface area contributed by atoms with Crippen LogP contribution in [0.3, 0.4) is 0 Å². The Hall–Kier alpha value is -1.40. The summed E-state index contributed by atoms with van der Waals surface area (Å²) in [6.45, 7) is 0.385. The standard InChI is InChI=1S/C14H11Br2FN2O/c15-9-3-1-8(2-4-9)7-19-14(20)10-5-13(18)12(17)6-11(10)16/h1-6H,7,18H2,(H,19,20). The lowest BCUT2D eigenvalue weighted by Crippen LogP contribution is -2.23. The van der Waals surface area contributed by atoms with Gasteiger partial charge in [0.05, 0.1) is 11.3 Å². The van der Waals surface area contributed by atoms with Gasteiger partial charge in [0.1, 0.15) is 5.82 Å². The number of hydrogen-bond donors (Lipinski definition) is 2. The minimum Gasteiger partial charge on any atom is -0.396 e. The molecule has 0 saturated carbocycles. The summed E-state index contributed by atoms with van der Waals surface area (Å²) in [5.41, 5.74) is 6.69. The van der Waals surface area contributed by atoms with Crippen LogP contribution < -0.4 is 11.1 Å². The predicted octanol–water partition coefficient (Wildman–Crippen LogP) is 3.86. The van der Waals surface area contributed by atoms with E-state index in [-0.39, 0.29) is 11.6 Å². The van der Waals surface area contributed by atoms with E-state index in [1.54, 1.807) is 0 Å². The SMILES string of the molecule is Nc1cc(C(=O)NCc2ccc(Br)cc2)c(Br)cc1F. The number of halogens is 3. The van der Waals surface area contributed by atoms with Gasteiger partial charge in [-0.15, -0.1) is 0 Å². The largest absolute Gasteiger partial charge is 0.396 e. The summed E-state index contributed by atoms with van der Waals surface area (Å²) < 4.78 is 14.6. The van der Waals surface area contributed by atoms with Gasteiger partial charge in [-0.2, -0.15) is 0 Å². The van der Waals surface area contributed by atoms with Crippen molar-refractivity contribution in [3.63, 3.8) is 0 Å². The maximum Gasteiger partial charge on any atom is 0.252 e. The lowest BCUT2D eigenvalue weighted by molar-refractivity contribution is 0.0950. The Balaban J connectivity index is 2.09. The summed E-state index contributed by atoms with van der Waals surface area (Å²) in [4.78, 5) is 12.0. The first-order chi connectivity index (χ1) is 9.47. The highest BCUT2D eigenvalue weighted by Gasteiger charge is 2.13. The van der Waals surface area contributed by atoms with Crippen LogP contribution in [0, 0.1) is 5.82 Å². The van der Waals surface area contributed by atoms with Crippen LogP contribution in [-0.2, 0) is 6.54 Å². The third-order valence-corrected chi connectivity index (χ3v) is 3.88. The molecule has 0 fully saturated rings. The highest BCUT2D eigenvalue weighted by Crippen LogP contribution is 2.22. The minimum absolute atomic E-state index is 0.0537. The fourth-order valence-electron chi connectivity index (χ4n) is 1.62. The molecule has 0 aliphatic heterocycles. The number of amides is 1. The van der Waals surface area contributed by atoms with E-state index in [0.717, 1.165) is 10.0 Å². The molecule has 20 heavy (non-hydrogen) atoms. The molecule has 0 bridgehead atoms. The number of benzene rings is 2. The van der Waals surface area contributed by atoms with E-state index in [1.807, 2.05) is 24.3 Å². The number of rotatable bonds is 3. The second-order valence-corrected chi connectivity index (χ2v) is 5.93. The summed E-state index contributed by atoms with van der Waals surface area (Å²) in [6.07, 6.45) is 0. The van der Waals surface area contributed by atoms with E-state index in [1.165, 1.54) is 12.1 Å². The summed E-state index contributed by atoms with van der Waals surface area (Å²) in [5.74, 6) is -0.868. The number of hydrogen-bond acceptors (Lipinski definition) is 2. The maximum atomic E-state index is 13.2. The van der Waals surface area contributed by atoms with Crippen LogP contribution >= 0.6 is 31.9 Å². The van der Waals surface area contributed by atoms with Crippen molar-refractivity contribution in [2.24, 2.45) is 0 Å². The zero-order valence-electron chi connectivity index (χ0n) is 10.3. The quantitative estimate of drug-likeness (QED) is 0.767. The molecule has 2 aromatic carbocycles. The van der Waals surface area contributed by atoms with Crippen LogP contribution in [0.4, 0.5) is 10.1 Å². The van der Waals surface area contributed by atoms with E-state index in [9.17, 15) is 9.18 Å². The Bertz CT molecular complexity index is 644. The van der Waals surface area contributed by atoms with Crippen LogP contribution in [0.25, 0.3) is 0 Å². The van der Waals surface area contributed by atoms with E-state index in [2.05, 4.69) is 37.2 Å². The first kappa shape index (κ1) is 15.0. The molecule has 0 aromatic heterocycles. The van der Waals surface area contributed by atoms with Crippen molar-refractivity contribution < 1.29 is 9.18 Å². The average molecular weight is 402 g/mol.